The Hall–Kier alpha value is -2.97. The lowest BCUT2D eigenvalue weighted by Gasteiger charge is -2.12. The lowest BCUT2D eigenvalue weighted by molar-refractivity contribution is -0.131. The number of rotatable bonds is 6. The average Bonchev–Trinajstić information content (AvgIpc) is 3.04. The third kappa shape index (κ3) is 4.16. The second-order valence-electron chi connectivity index (χ2n) is 5.46. The zero-order valence-corrected chi connectivity index (χ0v) is 13.7. The molecule has 0 fully saturated rings. The van der Waals surface area contributed by atoms with Gasteiger partial charge in [0.05, 0.1) is 31.1 Å². The van der Waals surface area contributed by atoms with Crippen LogP contribution in [0.1, 0.15) is 6.42 Å². The molecule has 0 radical (unpaired) electrons. The van der Waals surface area contributed by atoms with E-state index in [4.69, 9.17) is 9.47 Å². The van der Waals surface area contributed by atoms with E-state index in [0.717, 1.165) is 0 Å². The van der Waals surface area contributed by atoms with Crippen molar-refractivity contribution in [2.45, 2.75) is 12.6 Å². The first-order valence-corrected chi connectivity index (χ1v) is 7.65. The highest BCUT2D eigenvalue weighted by atomic mass is 19.4. The molecule has 138 valence electrons. The van der Waals surface area contributed by atoms with E-state index in [2.05, 4.69) is 15.3 Å². The lowest BCUT2D eigenvalue weighted by Crippen LogP contribution is -2.14. The van der Waals surface area contributed by atoms with E-state index in [0.29, 0.717) is 22.5 Å². The summed E-state index contributed by atoms with van der Waals surface area (Å²) in [5.74, 6) is -0.0692. The van der Waals surface area contributed by atoms with Crippen LogP contribution in [-0.4, -0.2) is 29.8 Å². The van der Waals surface area contributed by atoms with Gasteiger partial charge in [0, 0.05) is 24.7 Å². The fourth-order valence-corrected chi connectivity index (χ4v) is 2.37. The topological polar surface area (TPSA) is 59.2 Å². The van der Waals surface area contributed by atoms with Crippen molar-refractivity contribution in [3.63, 3.8) is 0 Å². The minimum absolute atomic E-state index is 0.0362. The number of hydrogen-bond acceptors (Lipinski definition) is 4. The maximum atomic E-state index is 14.0. The molecule has 0 unspecified atom stereocenters. The molecule has 0 saturated carbocycles. The van der Waals surface area contributed by atoms with Crippen LogP contribution >= 0.6 is 0 Å². The number of benzene rings is 2. The van der Waals surface area contributed by atoms with Crippen molar-refractivity contribution in [1.29, 1.82) is 0 Å². The first-order chi connectivity index (χ1) is 12.4. The molecule has 0 aliphatic carbocycles. The highest BCUT2D eigenvalue weighted by Gasteiger charge is 2.26. The predicted molar refractivity (Wildman–Crippen MR) is 88.3 cm³/mol. The molecule has 0 aliphatic rings. The summed E-state index contributed by atoms with van der Waals surface area (Å²) in [6.07, 6.45) is -3.84. The third-order valence-corrected chi connectivity index (χ3v) is 3.59. The Morgan fingerprint density at radius 3 is 2.65 bits per heavy atom. The summed E-state index contributed by atoms with van der Waals surface area (Å²) >= 11 is 0. The van der Waals surface area contributed by atoms with Gasteiger partial charge in [-0.15, -0.1) is 0 Å². The average molecular weight is 369 g/mol. The zero-order chi connectivity index (χ0) is 18.7. The smallest absolute Gasteiger partial charge is 0.390 e. The summed E-state index contributed by atoms with van der Waals surface area (Å²) in [5.41, 5.74) is 1.37. The molecule has 1 heterocycles. The SMILES string of the molecule is COc1ccc(Oc2cc(NCCC(F)(F)F)c3nc[nH]c3c2)c(F)c1. The number of nitrogens with one attached hydrogen (secondary N) is 2. The van der Waals surface area contributed by atoms with Gasteiger partial charge < -0.3 is 19.8 Å². The first-order valence-electron chi connectivity index (χ1n) is 7.65. The molecule has 1 aromatic heterocycles. The van der Waals surface area contributed by atoms with E-state index < -0.39 is 18.4 Å². The standard InChI is InChI=1S/C17H15F4N3O2/c1-25-10-2-3-15(12(18)6-10)26-11-7-13(22-5-4-17(19,20)21)16-14(8-11)23-9-24-16/h2-3,6-9,22H,4-5H2,1H3,(H,23,24). The van der Waals surface area contributed by atoms with Crippen molar-refractivity contribution in [3.8, 4) is 17.2 Å². The van der Waals surface area contributed by atoms with Gasteiger partial charge in [0.25, 0.3) is 0 Å². The minimum atomic E-state index is -4.27. The molecular formula is C17H15F4N3O2. The van der Waals surface area contributed by atoms with Crippen LogP contribution in [0.3, 0.4) is 0 Å². The Bertz CT molecular complexity index is 909. The van der Waals surface area contributed by atoms with Crippen molar-refractivity contribution in [2.75, 3.05) is 19.0 Å². The van der Waals surface area contributed by atoms with E-state index in [1.54, 1.807) is 6.07 Å². The van der Waals surface area contributed by atoms with Gasteiger partial charge >= 0.3 is 6.18 Å². The molecule has 2 N–H and O–H groups in total. The van der Waals surface area contributed by atoms with Crippen molar-refractivity contribution < 1.29 is 27.0 Å². The van der Waals surface area contributed by atoms with Crippen LogP contribution in [0.4, 0.5) is 23.2 Å². The van der Waals surface area contributed by atoms with Crippen LogP contribution in [0, 0.1) is 5.82 Å². The number of aromatic nitrogens is 2. The quantitative estimate of drug-likeness (QED) is 0.609. The Balaban J connectivity index is 1.85. The number of alkyl halides is 3. The maximum absolute atomic E-state index is 14.0. The zero-order valence-electron chi connectivity index (χ0n) is 13.7. The highest BCUT2D eigenvalue weighted by Crippen LogP contribution is 2.32. The van der Waals surface area contributed by atoms with E-state index in [9.17, 15) is 17.6 Å². The van der Waals surface area contributed by atoms with Crippen LogP contribution in [0.25, 0.3) is 11.0 Å². The van der Waals surface area contributed by atoms with Crippen LogP contribution in [-0.2, 0) is 0 Å². The molecule has 0 spiro atoms. The molecule has 5 nitrogen and oxygen atoms in total. The second-order valence-corrected chi connectivity index (χ2v) is 5.46. The van der Waals surface area contributed by atoms with Gasteiger partial charge in [-0.25, -0.2) is 9.37 Å². The number of aromatic amines is 1. The number of imidazole rings is 1. The van der Waals surface area contributed by atoms with Gasteiger partial charge in [-0.2, -0.15) is 13.2 Å². The van der Waals surface area contributed by atoms with Crippen LogP contribution in [0.15, 0.2) is 36.7 Å². The summed E-state index contributed by atoms with van der Waals surface area (Å²) in [5, 5.41) is 2.69. The summed E-state index contributed by atoms with van der Waals surface area (Å²) in [7, 11) is 1.42. The number of fused-ring (bicyclic) bond motifs is 1. The number of methoxy groups -OCH3 is 1. The molecular weight excluding hydrogens is 354 g/mol. The van der Waals surface area contributed by atoms with Gasteiger partial charge in [0.15, 0.2) is 11.6 Å². The summed E-state index contributed by atoms with van der Waals surface area (Å²) in [4.78, 5) is 6.94. The molecule has 26 heavy (non-hydrogen) atoms. The largest absolute Gasteiger partial charge is 0.497 e. The Morgan fingerprint density at radius 2 is 1.96 bits per heavy atom. The minimum Gasteiger partial charge on any atom is -0.497 e. The van der Waals surface area contributed by atoms with Crippen molar-refractivity contribution >= 4 is 16.7 Å². The van der Waals surface area contributed by atoms with Crippen LogP contribution in [0.2, 0.25) is 0 Å². The third-order valence-electron chi connectivity index (χ3n) is 3.59. The monoisotopic (exact) mass is 369 g/mol. The van der Waals surface area contributed by atoms with E-state index in [1.807, 2.05) is 0 Å². The Morgan fingerprint density at radius 1 is 1.15 bits per heavy atom. The number of anilines is 1. The van der Waals surface area contributed by atoms with Crippen LogP contribution in [0.5, 0.6) is 17.2 Å². The second kappa shape index (κ2) is 7.11. The molecule has 0 saturated heterocycles. The van der Waals surface area contributed by atoms with Crippen LogP contribution < -0.4 is 14.8 Å². The Labute approximate surface area is 145 Å². The Kier molecular flexibility index (Phi) is 4.88. The van der Waals surface area contributed by atoms with Crippen molar-refractivity contribution in [3.05, 3.63) is 42.5 Å². The molecule has 3 aromatic rings. The molecule has 0 aliphatic heterocycles. The number of H-pyrrole nitrogens is 1. The summed E-state index contributed by atoms with van der Waals surface area (Å²) < 4.78 is 61.5. The number of nitrogens with zero attached hydrogens (tertiary/aromatic N) is 1. The number of halogens is 4. The van der Waals surface area contributed by atoms with Crippen molar-refractivity contribution in [2.24, 2.45) is 0 Å². The number of ether oxygens (including phenoxy) is 2. The summed E-state index contributed by atoms with van der Waals surface area (Å²) in [6, 6.07) is 7.18. The molecule has 3 rings (SSSR count). The molecule has 9 heteroatoms. The highest BCUT2D eigenvalue weighted by molar-refractivity contribution is 5.89. The molecule has 0 atom stereocenters. The molecule has 0 bridgehead atoms. The van der Waals surface area contributed by atoms with Gasteiger partial charge in [-0.05, 0) is 12.1 Å². The fourth-order valence-electron chi connectivity index (χ4n) is 2.37. The fraction of sp³-hybridized carbons (Fsp3) is 0.235. The van der Waals surface area contributed by atoms with Gasteiger partial charge in [-0.1, -0.05) is 0 Å². The first kappa shape index (κ1) is 17.8. The van der Waals surface area contributed by atoms with E-state index in [-0.39, 0.29) is 18.0 Å². The van der Waals surface area contributed by atoms with Gasteiger partial charge in [0.2, 0.25) is 0 Å². The van der Waals surface area contributed by atoms with E-state index in [1.165, 1.54) is 37.7 Å². The maximum Gasteiger partial charge on any atom is 0.390 e. The molecule has 2 aromatic carbocycles. The number of hydrogen-bond donors (Lipinski definition) is 2. The van der Waals surface area contributed by atoms with Gasteiger partial charge in [0.1, 0.15) is 17.0 Å². The lowest BCUT2D eigenvalue weighted by atomic mass is 10.2. The van der Waals surface area contributed by atoms with E-state index >= 15 is 0 Å². The van der Waals surface area contributed by atoms with Crippen molar-refractivity contribution in [1.82, 2.24) is 9.97 Å². The normalized spacial score (nSPS) is 11.6. The summed E-state index contributed by atoms with van der Waals surface area (Å²) in [6.45, 7) is -0.314. The predicted octanol–water partition coefficient (Wildman–Crippen LogP) is 4.87. The van der Waals surface area contributed by atoms with Gasteiger partial charge in [-0.3, -0.25) is 0 Å². The molecule has 0 amide bonds.